The van der Waals surface area contributed by atoms with E-state index in [4.69, 9.17) is 16.3 Å². The summed E-state index contributed by atoms with van der Waals surface area (Å²) in [5, 5.41) is 3.85. The SMILES string of the molecule is CCOc1ccc(C(=O)NC[C@H](c2ccccc2Cl)N2CCCCC2)cc1. The normalized spacial score (nSPS) is 15.9. The number of hydrogen-bond acceptors (Lipinski definition) is 3. The summed E-state index contributed by atoms with van der Waals surface area (Å²) >= 11 is 6.46. The van der Waals surface area contributed by atoms with Gasteiger partial charge in [-0.1, -0.05) is 36.2 Å². The summed E-state index contributed by atoms with van der Waals surface area (Å²) in [6.45, 7) is 5.16. The second-order valence-corrected chi connectivity index (χ2v) is 7.21. The number of likely N-dealkylation sites (tertiary alicyclic amines) is 1. The molecular weight excluding hydrogens is 360 g/mol. The smallest absolute Gasteiger partial charge is 0.251 e. The first kappa shape index (κ1) is 19.7. The Balaban J connectivity index is 1.70. The summed E-state index contributed by atoms with van der Waals surface area (Å²) in [6.07, 6.45) is 3.64. The van der Waals surface area contributed by atoms with Crippen molar-refractivity contribution >= 4 is 17.5 Å². The molecule has 27 heavy (non-hydrogen) atoms. The number of piperidine rings is 1. The molecule has 5 heteroatoms. The molecule has 0 radical (unpaired) electrons. The lowest BCUT2D eigenvalue weighted by Crippen LogP contribution is -2.40. The predicted octanol–water partition coefficient (Wildman–Crippen LogP) is 4.70. The predicted molar refractivity (Wildman–Crippen MR) is 110 cm³/mol. The van der Waals surface area contributed by atoms with Crippen LogP contribution in [0.25, 0.3) is 0 Å². The van der Waals surface area contributed by atoms with Gasteiger partial charge in [0.1, 0.15) is 5.75 Å². The van der Waals surface area contributed by atoms with Crippen molar-refractivity contribution in [1.82, 2.24) is 10.2 Å². The quantitative estimate of drug-likeness (QED) is 0.750. The monoisotopic (exact) mass is 386 g/mol. The van der Waals surface area contributed by atoms with Crippen molar-refractivity contribution < 1.29 is 9.53 Å². The Hall–Kier alpha value is -2.04. The minimum Gasteiger partial charge on any atom is -0.494 e. The first-order chi connectivity index (χ1) is 13.2. The van der Waals surface area contributed by atoms with Crippen LogP contribution in [0, 0.1) is 0 Å². The van der Waals surface area contributed by atoms with Crippen LogP contribution < -0.4 is 10.1 Å². The Labute approximate surface area is 166 Å². The zero-order chi connectivity index (χ0) is 19.1. The highest BCUT2D eigenvalue weighted by Crippen LogP contribution is 2.29. The van der Waals surface area contributed by atoms with Crippen molar-refractivity contribution in [3.8, 4) is 5.75 Å². The molecule has 0 unspecified atom stereocenters. The van der Waals surface area contributed by atoms with Gasteiger partial charge in [0.25, 0.3) is 5.91 Å². The van der Waals surface area contributed by atoms with Gasteiger partial charge in [-0.15, -0.1) is 0 Å². The number of hydrogen-bond donors (Lipinski definition) is 1. The molecule has 144 valence electrons. The van der Waals surface area contributed by atoms with E-state index in [0.717, 1.165) is 29.4 Å². The van der Waals surface area contributed by atoms with E-state index in [2.05, 4.69) is 16.3 Å². The maximum Gasteiger partial charge on any atom is 0.251 e. The molecule has 0 spiro atoms. The van der Waals surface area contributed by atoms with Gasteiger partial charge in [0, 0.05) is 17.1 Å². The minimum absolute atomic E-state index is 0.0767. The number of nitrogens with zero attached hydrogens (tertiary/aromatic N) is 1. The van der Waals surface area contributed by atoms with Gasteiger partial charge < -0.3 is 10.1 Å². The van der Waals surface area contributed by atoms with Crippen molar-refractivity contribution in [2.75, 3.05) is 26.2 Å². The molecule has 1 amide bonds. The van der Waals surface area contributed by atoms with Crippen LogP contribution in [-0.2, 0) is 0 Å². The van der Waals surface area contributed by atoms with Crippen LogP contribution in [0.4, 0.5) is 0 Å². The molecule has 1 fully saturated rings. The molecule has 2 aromatic carbocycles. The third-order valence-corrected chi connectivity index (χ3v) is 5.32. The molecule has 1 aliphatic heterocycles. The molecular formula is C22H27ClN2O2. The molecule has 1 saturated heterocycles. The van der Waals surface area contributed by atoms with Crippen LogP contribution in [-0.4, -0.2) is 37.0 Å². The average molecular weight is 387 g/mol. The van der Waals surface area contributed by atoms with Crippen molar-refractivity contribution in [3.63, 3.8) is 0 Å². The third kappa shape index (κ3) is 5.24. The van der Waals surface area contributed by atoms with E-state index in [1.165, 1.54) is 19.3 Å². The molecule has 0 saturated carbocycles. The van der Waals surface area contributed by atoms with Crippen molar-refractivity contribution in [2.45, 2.75) is 32.2 Å². The molecule has 0 aliphatic carbocycles. The molecule has 0 bridgehead atoms. The number of benzene rings is 2. The second kappa shape index (κ2) is 9.77. The lowest BCUT2D eigenvalue weighted by molar-refractivity contribution is 0.0924. The summed E-state index contributed by atoms with van der Waals surface area (Å²) in [7, 11) is 0. The van der Waals surface area contributed by atoms with Gasteiger partial charge in [-0.2, -0.15) is 0 Å². The summed E-state index contributed by atoms with van der Waals surface area (Å²) in [5.41, 5.74) is 1.71. The van der Waals surface area contributed by atoms with Gasteiger partial charge in [-0.05, 0) is 68.8 Å². The Bertz CT molecular complexity index is 742. The Morgan fingerprint density at radius 3 is 2.48 bits per heavy atom. The molecule has 1 heterocycles. The topological polar surface area (TPSA) is 41.6 Å². The second-order valence-electron chi connectivity index (χ2n) is 6.80. The fourth-order valence-corrected chi connectivity index (χ4v) is 3.83. The van der Waals surface area contributed by atoms with Crippen LogP contribution in [0.2, 0.25) is 5.02 Å². The van der Waals surface area contributed by atoms with Crippen LogP contribution >= 0.6 is 11.6 Å². The average Bonchev–Trinajstić information content (AvgIpc) is 2.71. The number of carbonyl (C=O) groups excluding carboxylic acids is 1. The maximum atomic E-state index is 12.6. The molecule has 1 N–H and O–H groups in total. The Kier molecular flexibility index (Phi) is 7.13. The van der Waals surface area contributed by atoms with E-state index in [9.17, 15) is 4.79 Å². The lowest BCUT2D eigenvalue weighted by Gasteiger charge is -2.35. The number of nitrogens with one attached hydrogen (secondary N) is 1. The van der Waals surface area contributed by atoms with E-state index < -0.39 is 0 Å². The lowest BCUT2D eigenvalue weighted by atomic mass is 10.0. The highest BCUT2D eigenvalue weighted by atomic mass is 35.5. The van der Waals surface area contributed by atoms with Gasteiger partial charge in [0.15, 0.2) is 0 Å². The fraction of sp³-hybridized carbons (Fsp3) is 0.409. The minimum atomic E-state index is -0.0767. The van der Waals surface area contributed by atoms with E-state index in [1.54, 1.807) is 12.1 Å². The number of halogens is 1. The first-order valence-corrected chi connectivity index (χ1v) is 10.1. The van der Waals surface area contributed by atoms with Crippen LogP contribution in [0.1, 0.15) is 48.1 Å². The number of carbonyl (C=O) groups is 1. The van der Waals surface area contributed by atoms with Crippen molar-refractivity contribution in [1.29, 1.82) is 0 Å². The van der Waals surface area contributed by atoms with Crippen LogP contribution in [0.3, 0.4) is 0 Å². The third-order valence-electron chi connectivity index (χ3n) is 4.98. The largest absolute Gasteiger partial charge is 0.494 e. The van der Waals surface area contributed by atoms with E-state index in [1.807, 2.05) is 37.3 Å². The van der Waals surface area contributed by atoms with Gasteiger partial charge in [0.2, 0.25) is 0 Å². The zero-order valence-electron chi connectivity index (χ0n) is 15.8. The van der Waals surface area contributed by atoms with Crippen LogP contribution in [0.5, 0.6) is 5.75 Å². The zero-order valence-corrected chi connectivity index (χ0v) is 16.5. The molecule has 2 aromatic rings. The Morgan fingerprint density at radius 1 is 1.11 bits per heavy atom. The number of rotatable bonds is 7. The van der Waals surface area contributed by atoms with E-state index >= 15 is 0 Å². The van der Waals surface area contributed by atoms with Crippen molar-refractivity contribution in [3.05, 3.63) is 64.7 Å². The van der Waals surface area contributed by atoms with Gasteiger partial charge in [0.05, 0.1) is 12.6 Å². The first-order valence-electron chi connectivity index (χ1n) is 9.68. The fourth-order valence-electron chi connectivity index (χ4n) is 3.57. The highest BCUT2D eigenvalue weighted by Gasteiger charge is 2.24. The number of ether oxygens (including phenoxy) is 1. The van der Waals surface area contributed by atoms with E-state index in [0.29, 0.717) is 18.7 Å². The van der Waals surface area contributed by atoms with Gasteiger partial charge in [-0.3, -0.25) is 9.69 Å². The molecule has 0 aromatic heterocycles. The van der Waals surface area contributed by atoms with E-state index in [-0.39, 0.29) is 11.9 Å². The standard InChI is InChI=1S/C22H27ClN2O2/c1-2-27-18-12-10-17(11-13-18)22(26)24-16-21(25-14-6-3-7-15-25)19-8-4-5-9-20(19)23/h4-5,8-13,21H,2-3,6-7,14-16H2,1H3,(H,24,26)/t21-/m1/s1. The number of amides is 1. The summed E-state index contributed by atoms with van der Waals surface area (Å²) in [6, 6.07) is 15.3. The van der Waals surface area contributed by atoms with Gasteiger partial charge in [-0.25, -0.2) is 0 Å². The highest BCUT2D eigenvalue weighted by molar-refractivity contribution is 6.31. The molecule has 3 rings (SSSR count). The van der Waals surface area contributed by atoms with Crippen molar-refractivity contribution in [2.24, 2.45) is 0 Å². The molecule has 4 nitrogen and oxygen atoms in total. The molecule has 1 atom stereocenters. The Morgan fingerprint density at radius 2 is 1.81 bits per heavy atom. The summed E-state index contributed by atoms with van der Waals surface area (Å²) < 4.78 is 5.44. The van der Waals surface area contributed by atoms with Crippen LogP contribution in [0.15, 0.2) is 48.5 Å². The van der Waals surface area contributed by atoms with Gasteiger partial charge >= 0.3 is 0 Å². The maximum absolute atomic E-state index is 12.6. The summed E-state index contributed by atoms with van der Waals surface area (Å²) in [5.74, 6) is 0.698. The molecule has 1 aliphatic rings. The summed E-state index contributed by atoms with van der Waals surface area (Å²) in [4.78, 5) is 15.0.